The molecule has 2 rings (SSSR count). The Morgan fingerprint density at radius 1 is 1.00 bits per heavy atom. The quantitative estimate of drug-likeness (QED) is 0.600. The Bertz CT molecular complexity index is 626. The molecule has 2 aromatic rings. The number of amides is 1. The van der Waals surface area contributed by atoms with Gasteiger partial charge in [0.15, 0.2) is 0 Å². The van der Waals surface area contributed by atoms with Gasteiger partial charge in [0.25, 0.3) is 0 Å². The molecule has 6 nitrogen and oxygen atoms in total. The summed E-state index contributed by atoms with van der Waals surface area (Å²) in [5, 5.41) is 19.6. The number of anilines is 1. The molecule has 0 spiro atoms. The number of nitrogens with two attached hydrogens (primary N) is 2. The zero-order valence-electron chi connectivity index (χ0n) is 11.8. The fourth-order valence-electron chi connectivity index (χ4n) is 1.94. The number of carbonyl (C=O) groups is 1. The molecule has 6 N–H and O–H groups in total. The summed E-state index contributed by atoms with van der Waals surface area (Å²) in [6, 6.07) is 13.5. The van der Waals surface area contributed by atoms with Gasteiger partial charge in [-0.15, -0.1) is 0 Å². The van der Waals surface area contributed by atoms with Crippen molar-refractivity contribution in [3.8, 4) is 11.5 Å². The largest absolute Gasteiger partial charge is 0.457 e. The highest BCUT2D eigenvalue weighted by Gasteiger charge is 2.20. The average Bonchev–Trinajstić information content (AvgIpc) is 2.49. The first-order valence-corrected chi connectivity index (χ1v) is 6.73. The molecular weight excluding hydrogens is 284 g/mol. The van der Waals surface area contributed by atoms with Gasteiger partial charge in [-0.3, -0.25) is 4.79 Å². The molecule has 0 aliphatic rings. The molecule has 2 unspecified atom stereocenters. The van der Waals surface area contributed by atoms with Crippen LogP contribution >= 0.6 is 0 Å². The van der Waals surface area contributed by atoms with Crippen molar-refractivity contribution >= 4 is 11.6 Å². The number of ether oxygens (including phenoxy) is 1. The Morgan fingerprint density at radius 3 is 2.00 bits per heavy atom. The minimum Gasteiger partial charge on any atom is -0.457 e. The van der Waals surface area contributed by atoms with E-state index in [0.29, 0.717) is 22.7 Å². The minimum absolute atomic E-state index is 0.301. The number of aliphatic hydroxyl groups excluding tert-OH is 2. The molecule has 22 heavy (non-hydrogen) atoms. The first-order valence-electron chi connectivity index (χ1n) is 6.73. The van der Waals surface area contributed by atoms with E-state index in [4.69, 9.17) is 16.2 Å². The maximum Gasteiger partial charge on any atom is 0.220 e. The molecular formula is C16H18N2O4. The monoisotopic (exact) mass is 302 g/mol. The van der Waals surface area contributed by atoms with Crippen LogP contribution in [-0.4, -0.2) is 22.2 Å². The van der Waals surface area contributed by atoms with Crippen LogP contribution in [0.2, 0.25) is 0 Å². The number of primary amides is 1. The molecule has 0 saturated heterocycles. The maximum atomic E-state index is 10.7. The van der Waals surface area contributed by atoms with Crippen molar-refractivity contribution in [3.63, 3.8) is 0 Å². The van der Waals surface area contributed by atoms with Gasteiger partial charge in [-0.1, -0.05) is 12.1 Å². The van der Waals surface area contributed by atoms with Crippen molar-refractivity contribution < 1.29 is 19.7 Å². The van der Waals surface area contributed by atoms with Crippen molar-refractivity contribution in [1.82, 2.24) is 0 Å². The number of hydrogen-bond donors (Lipinski definition) is 4. The topological polar surface area (TPSA) is 119 Å². The minimum atomic E-state index is -1.23. The van der Waals surface area contributed by atoms with E-state index < -0.39 is 18.1 Å². The molecule has 0 aliphatic heterocycles. The zero-order chi connectivity index (χ0) is 16.1. The number of rotatable bonds is 6. The fourth-order valence-corrected chi connectivity index (χ4v) is 1.94. The van der Waals surface area contributed by atoms with E-state index in [0.717, 1.165) is 0 Å². The Morgan fingerprint density at radius 2 is 1.50 bits per heavy atom. The van der Waals surface area contributed by atoms with E-state index in [1.807, 2.05) is 0 Å². The van der Waals surface area contributed by atoms with Crippen LogP contribution in [0.3, 0.4) is 0 Å². The van der Waals surface area contributed by atoms with Crippen LogP contribution in [0.1, 0.15) is 18.1 Å². The molecule has 0 bridgehead atoms. The second-order valence-corrected chi connectivity index (χ2v) is 4.92. The van der Waals surface area contributed by atoms with Gasteiger partial charge >= 0.3 is 0 Å². The molecule has 0 aliphatic carbocycles. The van der Waals surface area contributed by atoms with Crippen LogP contribution in [0.15, 0.2) is 48.5 Å². The van der Waals surface area contributed by atoms with Gasteiger partial charge in [0.2, 0.25) is 5.91 Å². The highest BCUT2D eigenvalue weighted by molar-refractivity contribution is 5.74. The zero-order valence-corrected chi connectivity index (χ0v) is 11.8. The Hall–Kier alpha value is -2.57. The van der Waals surface area contributed by atoms with E-state index in [9.17, 15) is 15.0 Å². The lowest BCUT2D eigenvalue weighted by atomic mass is 10.0. The van der Waals surface area contributed by atoms with Gasteiger partial charge < -0.3 is 26.4 Å². The van der Waals surface area contributed by atoms with Gasteiger partial charge in [-0.2, -0.15) is 0 Å². The van der Waals surface area contributed by atoms with Crippen molar-refractivity contribution in [2.24, 2.45) is 5.73 Å². The van der Waals surface area contributed by atoms with Crippen LogP contribution < -0.4 is 16.2 Å². The van der Waals surface area contributed by atoms with Gasteiger partial charge in [-0.05, 0) is 42.0 Å². The summed E-state index contributed by atoms with van der Waals surface area (Å²) in [6.07, 6.45) is -2.72. The highest BCUT2D eigenvalue weighted by atomic mass is 16.5. The normalized spacial score (nSPS) is 13.4. The van der Waals surface area contributed by atoms with E-state index >= 15 is 0 Å². The predicted octanol–water partition coefficient (Wildman–Crippen LogP) is 1.33. The number of hydrogen-bond acceptors (Lipinski definition) is 5. The molecule has 116 valence electrons. The van der Waals surface area contributed by atoms with Crippen LogP contribution in [0.25, 0.3) is 0 Å². The molecule has 0 radical (unpaired) electrons. The van der Waals surface area contributed by atoms with Crippen molar-refractivity contribution in [2.75, 3.05) is 5.73 Å². The van der Waals surface area contributed by atoms with Crippen LogP contribution in [-0.2, 0) is 4.79 Å². The lowest BCUT2D eigenvalue weighted by Crippen LogP contribution is -2.25. The summed E-state index contributed by atoms with van der Waals surface area (Å²) in [7, 11) is 0. The smallest absolute Gasteiger partial charge is 0.220 e. The van der Waals surface area contributed by atoms with E-state index in [2.05, 4.69) is 0 Å². The van der Waals surface area contributed by atoms with Crippen molar-refractivity contribution in [3.05, 3.63) is 54.1 Å². The van der Waals surface area contributed by atoms with Gasteiger partial charge in [-0.25, -0.2) is 0 Å². The molecule has 2 aromatic carbocycles. The number of aliphatic hydroxyl groups is 2. The number of benzene rings is 2. The van der Waals surface area contributed by atoms with Gasteiger partial charge in [0.1, 0.15) is 17.6 Å². The highest BCUT2D eigenvalue weighted by Crippen LogP contribution is 2.25. The Balaban J connectivity index is 2.03. The Labute approximate surface area is 127 Å². The second kappa shape index (κ2) is 6.93. The van der Waals surface area contributed by atoms with E-state index in [-0.39, 0.29) is 6.42 Å². The maximum absolute atomic E-state index is 10.7. The summed E-state index contributed by atoms with van der Waals surface area (Å²) in [5.74, 6) is 0.538. The lowest BCUT2D eigenvalue weighted by Gasteiger charge is -2.17. The summed E-state index contributed by atoms with van der Waals surface area (Å²) in [4.78, 5) is 10.7. The standard InChI is InChI=1S/C16H18N2O4/c17-11-3-7-13(8-4-11)22-12-5-1-10(2-6-12)16(21)14(19)9-15(18)20/h1-8,14,16,19,21H,9,17H2,(H2,18,20). The first-order chi connectivity index (χ1) is 10.5. The summed E-state index contributed by atoms with van der Waals surface area (Å²) >= 11 is 0. The van der Waals surface area contributed by atoms with Crippen molar-refractivity contribution in [2.45, 2.75) is 18.6 Å². The molecule has 6 heteroatoms. The van der Waals surface area contributed by atoms with E-state index in [1.165, 1.54) is 0 Å². The van der Waals surface area contributed by atoms with Crippen molar-refractivity contribution in [1.29, 1.82) is 0 Å². The third kappa shape index (κ3) is 4.21. The van der Waals surface area contributed by atoms with Gasteiger partial charge in [0.05, 0.1) is 12.5 Å². The SMILES string of the molecule is NC(=O)CC(O)C(O)c1ccc(Oc2ccc(N)cc2)cc1. The average molecular weight is 302 g/mol. The van der Waals surface area contributed by atoms with Crippen LogP contribution in [0.4, 0.5) is 5.69 Å². The summed E-state index contributed by atoms with van der Waals surface area (Å²) in [5.41, 5.74) is 11.7. The third-order valence-corrected chi connectivity index (χ3v) is 3.11. The molecule has 0 heterocycles. The van der Waals surface area contributed by atoms with Gasteiger partial charge in [0, 0.05) is 5.69 Å². The summed E-state index contributed by atoms with van der Waals surface area (Å²) in [6.45, 7) is 0. The fraction of sp³-hybridized carbons (Fsp3) is 0.188. The molecule has 2 atom stereocenters. The molecule has 1 amide bonds. The number of nitrogen functional groups attached to an aromatic ring is 1. The lowest BCUT2D eigenvalue weighted by molar-refractivity contribution is -0.121. The second-order valence-electron chi connectivity index (χ2n) is 4.92. The molecule has 0 fully saturated rings. The third-order valence-electron chi connectivity index (χ3n) is 3.11. The number of carbonyl (C=O) groups excluding carboxylic acids is 1. The summed E-state index contributed by atoms with van der Waals surface area (Å²) < 4.78 is 5.62. The predicted molar refractivity (Wildman–Crippen MR) is 82.1 cm³/mol. The first kappa shape index (κ1) is 15.8. The molecule has 0 saturated carbocycles. The van der Waals surface area contributed by atoms with E-state index in [1.54, 1.807) is 48.5 Å². The Kier molecular flexibility index (Phi) is 4.98. The van der Waals surface area contributed by atoms with Crippen LogP contribution in [0.5, 0.6) is 11.5 Å². The molecule has 0 aromatic heterocycles. The van der Waals surface area contributed by atoms with Crippen LogP contribution in [0, 0.1) is 0 Å².